The zero-order valence-corrected chi connectivity index (χ0v) is 31.6. The molecule has 3 amide bonds. The summed E-state index contributed by atoms with van der Waals surface area (Å²) >= 11 is 0. The summed E-state index contributed by atoms with van der Waals surface area (Å²) in [5.74, 6) is -0.635. The van der Waals surface area contributed by atoms with E-state index >= 15 is 0 Å². The van der Waals surface area contributed by atoms with Crippen molar-refractivity contribution in [1.29, 1.82) is 0 Å². The van der Waals surface area contributed by atoms with Crippen LogP contribution in [0.5, 0.6) is 11.5 Å². The van der Waals surface area contributed by atoms with Gasteiger partial charge in [0.1, 0.15) is 5.76 Å². The average Bonchev–Trinajstić information content (AvgIpc) is 3.51. The quantitative estimate of drug-likeness (QED) is 0.0911. The number of allylic oxidation sites excluding steroid dienone is 1. The number of likely N-dealkylation sites (N-methyl/N-ethyl adjacent to an activating group) is 1. The van der Waals surface area contributed by atoms with Crippen molar-refractivity contribution >= 4 is 35.6 Å². The molecule has 6 rings (SSSR count). The number of hydrogen-bond acceptors (Lipinski definition) is 11. The third kappa shape index (κ3) is 7.57. The molecule has 5 aliphatic rings. The Bertz CT molecular complexity index is 1710. The molecule has 2 saturated heterocycles. The lowest BCUT2D eigenvalue weighted by Crippen LogP contribution is -2.63. The normalized spacial score (nSPS) is 26.9. The lowest BCUT2D eigenvalue weighted by atomic mass is 9.53. The molecular weight excluding hydrogens is 698 g/mol. The number of nitrogens with one attached hydrogen (secondary N) is 2. The largest absolute Gasteiger partial charge is 0.493 e. The van der Waals surface area contributed by atoms with Gasteiger partial charge in [-0.2, -0.15) is 0 Å². The SMILES string of the molecule is COC(=O)C1CCN(C(=O)OC2=CCC3[C@H]4Cc5ccc(OC)c6c5[C@@]3(CCN4C)[C@H]2O6)[C@@H](CNC(=O)[C@H](CCCN=C(N)N)CC(=O)CNC(C)=O)C1. The van der Waals surface area contributed by atoms with E-state index in [4.69, 9.17) is 30.4 Å². The molecule has 16 nitrogen and oxygen atoms in total. The minimum atomic E-state index is -0.739. The Hall–Kier alpha value is -4.86. The lowest BCUT2D eigenvalue weighted by molar-refractivity contribution is -0.147. The van der Waals surface area contributed by atoms with E-state index < -0.39 is 42.0 Å². The van der Waals surface area contributed by atoms with Gasteiger partial charge in [-0.05, 0) is 82.2 Å². The van der Waals surface area contributed by atoms with E-state index in [1.165, 1.54) is 25.2 Å². The first-order chi connectivity index (χ1) is 25.9. The number of ether oxygens (including phenoxy) is 4. The molecule has 1 spiro atoms. The number of benzene rings is 1. The van der Waals surface area contributed by atoms with Crippen LogP contribution in [0.4, 0.5) is 4.79 Å². The fraction of sp³-hybridized carbons (Fsp3) is 0.632. The van der Waals surface area contributed by atoms with Crippen LogP contribution >= 0.6 is 0 Å². The Kier molecular flexibility index (Phi) is 11.7. The summed E-state index contributed by atoms with van der Waals surface area (Å²) in [7, 11) is 5.13. The number of esters is 1. The van der Waals surface area contributed by atoms with E-state index in [1.807, 2.05) is 12.1 Å². The topological polar surface area (TPSA) is 217 Å². The molecule has 0 radical (unpaired) electrons. The van der Waals surface area contributed by atoms with Gasteiger partial charge in [0.25, 0.3) is 0 Å². The summed E-state index contributed by atoms with van der Waals surface area (Å²) in [5.41, 5.74) is 12.9. The van der Waals surface area contributed by atoms with E-state index in [1.54, 1.807) is 12.0 Å². The van der Waals surface area contributed by atoms with Gasteiger partial charge >= 0.3 is 12.1 Å². The van der Waals surface area contributed by atoms with Crippen LogP contribution in [0.1, 0.15) is 63.0 Å². The summed E-state index contributed by atoms with van der Waals surface area (Å²) in [6, 6.07) is 3.80. The van der Waals surface area contributed by atoms with Crippen LogP contribution in [0.15, 0.2) is 29.0 Å². The van der Waals surface area contributed by atoms with Crippen molar-refractivity contribution in [2.24, 2.45) is 34.2 Å². The summed E-state index contributed by atoms with van der Waals surface area (Å²) in [6.07, 6.45) is 4.60. The summed E-state index contributed by atoms with van der Waals surface area (Å²) < 4.78 is 23.8. The Morgan fingerprint density at radius 1 is 1.13 bits per heavy atom. The van der Waals surface area contributed by atoms with Crippen molar-refractivity contribution in [3.8, 4) is 11.5 Å². The highest BCUT2D eigenvalue weighted by Crippen LogP contribution is 2.63. The number of piperidine rings is 2. The summed E-state index contributed by atoms with van der Waals surface area (Å²) in [5, 5.41) is 5.40. The number of methoxy groups -OCH3 is 2. The van der Waals surface area contributed by atoms with Gasteiger partial charge in [0.15, 0.2) is 29.3 Å². The van der Waals surface area contributed by atoms with Gasteiger partial charge < -0.3 is 50.8 Å². The molecule has 0 aromatic heterocycles. The van der Waals surface area contributed by atoms with Crippen LogP contribution in [0.3, 0.4) is 0 Å². The van der Waals surface area contributed by atoms with Crippen molar-refractivity contribution < 1.29 is 42.9 Å². The number of Topliss-reactive ketones (excluding diaryl/α,β-unsaturated/α-hetero) is 1. The van der Waals surface area contributed by atoms with Crippen molar-refractivity contribution in [1.82, 2.24) is 20.4 Å². The van der Waals surface area contributed by atoms with Crippen molar-refractivity contribution in [3.63, 3.8) is 0 Å². The molecule has 54 heavy (non-hydrogen) atoms. The van der Waals surface area contributed by atoms with Crippen LogP contribution in [-0.2, 0) is 40.5 Å². The molecule has 6 N–H and O–H groups in total. The molecule has 2 aliphatic carbocycles. The molecular formula is C38H53N7O9. The second-order valence-corrected chi connectivity index (χ2v) is 15.1. The Morgan fingerprint density at radius 3 is 2.65 bits per heavy atom. The summed E-state index contributed by atoms with van der Waals surface area (Å²) in [6.45, 7) is 2.48. The first kappa shape index (κ1) is 38.9. The average molecular weight is 752 g/mol. The fourth-order valence-corrected chi connectivity index (χ4v) is 9.39. The van der Waals surface area contributed by atoms with Gasteiger partial charge in [0.2, 0.25) is 11.8 Å². The van der Waals surface area contributed by atoms with E-state index in [0.29, 0.717) is 36.8 Å². The monoisotopic (exact) mass is 751 g/mol. The Balaban J connectivity index is 1.19. The van der Waals surface area contributed by atoms with Gasteiger partial charge in [-0.3, -0.25) is 24.2 Å². The molecule has 2 unspecified atom stereocenters. The molecule has 0 saturated carbocycles. The molecule has 7 atom stereocenters. The number of carbonyl (C=O) groups excluding carboxylic acids is 5. The number of guanidine groups is 1. The maximum Gasteiger partial charge on any atom is 0.415 e. The van der Waals surface area contributed by atoms with Crippen LogP contribution < -0.4 is 31.6 Å². The van der Waals surface area contributed by atoms with Gasteiger partial charge in [-0.15, -0.1) is 0 Å². The maximum absolute atomic E-state index is 14.2. The molecule has 3 aliphatic heterocycles. The van der Waals surface area contributed by atoms with Crippen molar-refractivity contribution in [2.75, 3.05) is 54.0 Å². The number of rotatable bonds is 14. The number of hydrogen-bond donors (Lipinski definition) is 4. The highest BCUT2D eigenvalue weighted by Gasteiger charge is 2.65. The van der Waals surface area contributed by atoms with Crippen molar-refractivity contribution in [2.45, 2.75) is 81.9 Å². The first-order valence-electron chi connectivity index (χ1n) is 18.8. The van der Waals surface area contributed by atoms with Gasteiger partial charge in [-0.25, -0.2) is 4.79 Å². The van der Waals surface area contributed by atoms with Crippen LogP contribution in [0.2, 0.25) is 0 Å². The number of ketones is 1. The highest BCUT2D eigenvalue weighted by molar-refractivity contribution is 5.90. The zero-order valence-electron chi connectivity index (χ0n) is 31.6. The molecule has 1 aromatic carbocycles. The van der Waals surface area contributed by atoms with Gasteiger partial charge in [-0.1, -0.05) is 6.07 Å². The number of nitrogens with zero attached hydrogens (tertiary/aromatic N) is 3. The number of aliphatic imine (C=N–C) groups is 1. The third-order valence-corrected chi connectivity index (χ3v) is 12.0. The molecule has 16 heteroatoms. The van der Waals surface area contributed by atoms with Crippen LogP contribution in [0, 0.1) is 17.8 Å². The Morgan fingerprint density at radius 2 is 1.93 bits per heavy atom. The maximum atomic E-state index is 14.2. The minimum absolute atomic E-state index is 0.0106. The highest BCUT2D eigenvalue weighted by atomic mass is 16.6. The van der Waals surface area contributed by atoms with E-state index in [9.17, 15) is 24.0 Å². The van der Waals surface area contributed by atoms with Gasteiger partial charge in [0.05, 0.1) is 32.7 Å². The predicted molar refractivity (Wildman–Crippen MR) is 196 cm³/mol. The van der Waals surface area contributed by atoms with Crippen LogP contribution in [0.25, 0.3) is 0 Å². The molecule has 2 bridgehead atoms. The van der Waals surface area contributed by atoms with E-state index in [0.717, 1.165) is 31.6 Å². The number of carbonyl (C=O) groups is 5. The Labute approximate surface area is 315 Å². The number of amides is 3. The first-order valence-corrected chi connectivity index (χ1v) is 18.8. The second-order valence-electron chi connectivity index (χ2n) is 15.1. The number of nitrogens with two attached hydrogens (primary N) is 2. The number of likely N-dealkylation sites (tertiary alicyclic amines) is 2. The minimum Gasteiger partial charge on any atom is -0.493 e. The molecule has 2 fully saturated rings. The molecule has 1 aromatic rings. The van der Waals surface area contributed by atoms with Crippen LogP contribution in [-0.4, -0.2) is 118 Å². The van der Waals surface area contributed by atoms with E-state index in [2.05, 4.69) is 33.6 Å². The second kappa shape index (κ2) is 16.2. The standard InChI is InChI=1S/C38H53N7O9/c1-21(46)42-20-26(47)17-23(6-5-13-41-36(39)40)34(48)43-19-25-16-24(35(49)52-4)11-14-45(25)37(50)53-30-10-8-27-28-18-22-7-9-29(51-3)32-31(22)38(27,33(30)54-32)12-15-44(28)2/h7,9-10,23-25,27-28,33H,5-6,8,11-20H2,1-4H3,(H,42,46)(H,43,48)(H4,39,40,41)/t23-,24?,25-,27?,28-,33+,38+/m1/s1. The fourth-order valence-electron chi connectivity index (χ4n) is 9.39. The molecule has 3 heterocycles. The molecule has 294 valence electrons. The smallest absolute Gasteiger partial charge is 0.415 e. The zero-order chi connectivity index (χ0) is 38.7. The summed E-state index contributed by atoms with van der Waals surface area (Å²) in [4.78, 5) is 72.5. The lowest BCUT2D eigenvalue weighted by Gasteiger charge is -2.56. The predicted octanol–water partition coefficient (Wildman–Crippen LogP) is 1.13. The van der Waals surface area contributed by atoms with Gasteiger partial charge in [0, 0.05) is 55.9 Å². The van der Waals surface area contributed by atoms with E-state index in [-0.39, 0.29) is 68.0 Å². The van der Waals surface area contributed by atoms with Crippen molar-refractivity contribution in [3.05, 3.63) is 35.1 Å². The third-order valence-electron chi connectivity index (χ3n) is 12.0.